The average Bonchev–Trinajstić information content (AvgIpc) is 2.27. The zero-order chi connectivity index (χ0) is 13.9. The van der Waals surface area contributed by atoms with Crippen molar-refractivity contribution < 1.29 is 22.0 Å². The predicted molar refractivity (Wildman–Crippen MR) is 62.0 cm³/mol. The lowest BCUT2D eigenvalue weighted by Gasteiger charge is -2.07. The van der Waals surface area contributed by atoms with Gasteiger partial charge in [-0.3, -0.25) is 4.79 Å². The maximum Gasteiger partial charge on any atom is 0.261 e. The lowest BCUT2D eigenvalue weighted by molar-refractivity contribution is 0.0948. The van der Waals surface area contributed by atoms with Crippen molar-refractivity contribution in [2.75, 3.05) is 6.54 Å². The van der Waals surface area contributed by atoms with Gasteiger partial charge < -0.3 is 5.32 Å². The van der Waals surface area contributed by atoms with Crippen LogP contribution in [0.3, 0.4) is 0 Å². The first-order valence-corrected chi connectivity index (χ1v) is 7.30. The van der Waals surface area contributed by atoms with E-state index in [4.69, 9.17) is 10.7 Å². The van der Waals surface area contributed by atoms with Crippen LogP contribution in [0, 0.1) is 11.6 Å². The number of carbonyl (C=O) groups excluding carboxylic acids is 1. The summed E-state index contributed by atoms with van der Waals surface area (Å²) in [5.41, 5.74) is -0.692. The van der Waals surface area contributed by atoms with Crippen LogP contribution in [0.25, 0.3) is 0 Å². The molecule has 0 aliphatic heterocycles. The molecule has 0 unspecified atom stereocenters. The highest BCUT2D eigenvalue weighted by atomic mass is 35.7. The molecule has 1 N–H and O–H groups in total. The maximum absolute atomic E-state index is 13.4. The fraction of sp³-hybridized carbons (Fsp3) is 0.300. The van der Waals surface area contributed by atoms with E-state index in [1.165, 1.54) is 0 Å². The maximum atomic E-state index is 13.4. The Hall–Kier alpha value is -1.21. The normalized spacial score (nSPS) is 11.3. The van der Waals surface area contributed by atoms with E-state index in [1.54, 1.807) is 6.92 Å². The summed E-state index contributed by atoms with van der Waals surface area (Å²) < 4.78 is 48.6. The van der Waals surface area contributed by atoms with Gasteiger partial charge in [0.1, 0.15) is 0 Å². The smallest absolute Gasteiger partial charge is 0.261 e. The molecule has 100 valence electrons. The van der Waals surface area contributed by atoms with Crippen molar-refractivity contribution >= 4 is 25.6 Å². The van der Waals surface area contributed by atoms with E-state index < -0.39 is 37.1 Å². The third kappa shape index (κ3) is 3.39. The summed E-state index contributed by atoms with van der Waals surface area (Å²) in [7, 11) is 0.782. The Morgan fingerprint density at radius 2 is 2.00 bits per heavy atom. The third-order valence-corrected chi connectivity index (χ3v) is 3.40. The molecule has 0 aliphatic carbocycles. The third-order valence-electron chi connectivity index (χ3n) is 2.06. The fourth-order valence-corrected chi connectivity index (χ4v) is 1.97. The highest BCUT2D eigenvalue weighted by Gasteiger charge is 2.21. The number of hydrogen-bond donors (Lipinski definition) is 1. The highest BCUT2D eigenvalue weighted by Crippen LogP contribution is 2.21. The number of rotatable bonds is 4. The quantitative estimate of drug-likeness (QED) is 0.865. The average molecular weight is 298 g/mol. The number of hydrogen-bond acceptors (Lipinski definition) is 3. The zero-order valence-corrected chi connectivity index (χ0v) is 10.9. The van der Waals surface area contributed by atoms with E-state index in [0.717, 1.165) is 0 Å². The molecule has 0 spiro atoms. The summed E-state index contributed by atoms with van der Waals surface area (Å²) in [4.78, 5) is 10.8. The van der Waals surface area contributed by atoms with Gasteiger partial charge in [0.25, 0.3) is 15.0 Å². The summed E-state index contributed by atoms with van der Waals surface area (Å²) in [5, 5.41) is 2.31. The zero-order valence-electron chi connectivity index (χ0n) is 9.34. The molecule has 0 fully saturated rings. The van der Waals surface area contributed by atoms with Crippen molar-refractivity contribution in [2.45, 2.75) is 18.2 Å². The van der Waals surface area contributed by atoms with Gasteiger partial charge in [-0.25, -0.2) is 17.2 Å². The molecule has 18 heavy (non-hydrogen) atoms. The molecule has 0 bridgehead atoms. The predicted octanol–water partition coefficient (Wildman–Crippen LogP) is 2.03. The summed E-state index contributed by atoms with van der Waals surface area (Å²) in [5.74, 6) is -3.75. The standard InChI is InChI=1S/C10H10ClF2NO3S/c1-2-3-14-10(15)7-4-6(18(11,16)17)5-8(12)9(7)13/h4-5H,2-3H2,1H3,(H,14,15). The van der Waals surface area contributed by atoms with Crippen LogP contribution >= 0.6 is 10.7 Å². The SMILES string of the molecule is CCCNC(=O)c1cc(S(=O)(=O)Cl)cc(F)c1F. The van der Waals surface area contributed by atoms with Crippen molar-refractivity contribution in [3.8, 4) is 0 Å². The van der Waals surface area contributed by atoms with Crippen LogP contribution in [0.2, 0.25) is 0 Å². The van der Waals surface area contributed by atoms with Crippen molar-refractivity contribution in [1.82, 2.24) is 5.32 Å². The molecule has 1 amide bonds. The number of benzene rings is 1. The van der Waals surface area contributed by atoms with Gasteiger partial charge in [-0.15, -0.1) is 0 Å². The molecule has 1 aromatic carbocycles. The van der Waals surface area contributed by atoms with Gasteiger partial charge >= 0.3 is 0 Å². The second kappa shape index (κ2) is 5.62. The molecular weight excluding hydrogens is 288 g/mol. The number of halogens is 3. The van der Waals surface area contributed by atoms with Gasteiger partial charge in [0.05, 0.1) is 10.5 Å². The molecule has 0 heterocycles. The Morgan fingerprint density at radius 3 is 2.50 bits per heavy atom. The van der Waals surface area contributed by atoms with Crippen LogP contribution in [-0.4, -0.2) is 20.9 Å². The van der Waals surface area contributed by atoms with Crippen molar-refractivity contribution in [1.29, 1.82) is 0 Å². The van der Waals surface area contributed by atoms with Crippen LogP contribution in [0.4, 0.5) is 8.78 Å². The van der Waals surface area contributed by atoms with E-state index in [0.29, 0.717) is 18.6 Å². The molecule has 0 aromatic heterocycles. The molecule has 0 radical (unpaired) electrons. The highest BCUT2D eigenvalue weighted by molar-refractivity contribution is 8.13. The van der Waals surface area contributed by atoms with Gasteiger partial charge in [0.15, 0.2) is 11.6 Å². The van der Waals surface area contributed by atoms with E-state index in [-0.39, 0.29) is 6.54 Å². The summed E-state index contributed by atoms with van der Waals surface area (Å²) in [6.07, 6.45) is 0.601. The van der Waals surface area contributed by atoms with Crippen LogP contribution < -0.4 is 5.32 Å². The minimum absolute atomic E-state index is 0.262. The molecule has 1 rings (SSSR count). The van der Waals surface area contributed by atoms with Gasteiger partial charge in [-0.2, -0.15) is 0 Å². The van der Waals surface area contributed by atoms with Gasteiger partial charge in [-0.1, -0.05) is 6.92 Å². The summed E-state index contributed by atoms with van der Waals surface area (Å²) in [6, 6.07) is 1.13. The number of amides is 1. The van der Waals surface area contributed by atoms with Gasteiger partial charge in [0.2, 0.25) is 0 Å². The topological polar surface area (TPSA) is 63.2 Å². The molecular formula is C10H10ClF2NO3S. The number of nitrogens with one attached hydrogen (secondary N) is 1. The molecule has 1 aromatic rings. The summed E-state index contributed by atoms with van der Waals surface area (Å²) in [6.45, 7) is 2.04. The van der Waals surface area contributed by atoms with E-state index in [1.807, 2.05) is 0 Å². The monoisotopic (exact) mass is 297 g/mol. The first kappa shape index (κ1) is 14.8. The molecule has 4 nitrogen and oxygen atoms in total. The van der Waals surface area contributed by atoms with Crippen LogP contribution in [0.15, 0.2) is 17.0 Å². The van der Waals surface area contributed by atoms with Crippen LogP contribution in [-0.2, 0) is 9.05 Å². The minimum atomic E-state index is -4.23. The van der Waals surface area contributed by atoms with Crippen molar-refractivity contribution in [3.05, 3.63) is 29.3 Å². The molecule has 0 aliphatic rings. The Labute approximate surface area is 107 Å². The van der Waals surface area contributed by atoms with Crippen molar-refractivity contribution in [2.24, 2.45) is 0 Å². The molecule has 8 heteroatoms. The minimum Gasteiger partial charge on any atom is -0.352 e. The number of carbonyl (C=O) groups is 1. The molecule has 0 saturated heterocycles. The van der Waals surface area contributed by atoms with Crippen LogP contribution in [0.1, 0.15) is 23.7 Å². The lowest BCUT2D eigenvalue weighted by Crippen LogP contribution is -2.25. The Bertz CT molecular complexity index is 575. The van der Waals surface area contributed by atoms with E-state index >= 15 is 0 Å². The van der Waals surface area contributed by atoms with Crippen LogP contribution in [0.5, 0.6) is 0 Å². The molecule has 0 saturated carbocycles. The van der Waals surface area contributed by atoms with Crippen molar-refractivity contribution in [3.63, 3.8) is 0 Å². The lowest BCUT2D eigenvalue weighted by atomic mass is 10.2. The largest absolute Gasteiger partial charge is 0.352 e. The van der Waals surface area contributed by atoms with Gasteiger partial charge in [-0.05, 0) is 18.6 Å². The summed E-state index contributed by atoms with van der Waals surface area (Å²) >= 11 is 0. The second-order valence-corrected chi connectivity index (χ2v) is 6.03. The Kier molecular flexibility index (Phi) is 4.64. The molecule has 0 atom stereocenters. The Balaban J connectivity index is 3.27. The van der Waals surface area contributed by atoms with E-state index in [2.05, 4.69) is 5.32 Å². The van der Waals surface area contributed by atoms with Gasteiger partial charge in [0, 0.05) is 17.2 Å². The second-order valence-electron chi connectivity index (χ2n) is 3.46. The Morgan fingerprint density at radius 1 is 1.39 bits per heavy atom. The van der Waals surface area contributed by atoms with E-state index in [9.17, 15) is 22.0 Å². The first-order valence-electron chi connectivity index (χ1n) is 4.99. The first-order chi connectivity index (χ1) is 8.27. The fourth-order valence-electron chi connectivity index (χ4n) is 1.20.